The zero-order chi connectivity index (χ0) is 14.6. The van der Waals surface area contributed by atoms with Crippen LogP contribution in [0.2, 0.25) is 0 Å². The van der Waals surface area contributed by atoms with E-state index in [1.807, 2.05) is 30.4 Å². The van der Waals surface area contributed by atoms with Gasteiger partial charge in [-0.15, -0.1) is 0 Å². The maximum absolute atomic E-state index is 11.7. The summed E-state index contributed by atoms with van der Waals surface area (Å²) in [4.78, 5) is 11.7. The van der Waals surface area contributed by atoms with Crippen molar-refractivity contribution in [2.75, 3.05) is 0 Å². The molecule has 106 valence electrons. The number of rotatable bonds is 5. The van der Waals surface area contributed by atoms with Crippen molar-refractivity contribution in [3.63, 3.8) is 0 Å². The van der Waals surface area contributed by atoms with Gasteiger partial charge in [-0.05, 0) is 29.9 Å². The van der Waals surface area contributed by atoms with Crippen molar-refractivity contribution >= 4 is 11.5 Å². The molecule has 1 aliphatic carbocycles. The number of carbonyl (C=O) groups is 1. The summed E-state index contributed by atoms with van der Waals surface area (Å²) in [6.45, 7) is 4.23. The Hall–Kier alpha value is -1.83. The lowest BCUT2D eigenvalue weighted by Crippen LogP contribution is -2.31. The van der Waals surface area contributed by atoms with Crippen molar-refractivity contribution in [2.45, 2.75) is 33.1 Å². The molecule has 2 rings (SSSR count). The Labute approximate surface area is 120 Å². The number of hydrogen-bond donors (Lipinski definition) is 1. The van der Waals surface area contributed by atoms with Gasteiger partial charge in [-0.1, -0.05) is 68.8 Å². The van der Waals surface area contributed by atoms with Gasteiger partial charge in [-0.2, -0.15) is 0 Å². The first kappa shape index (κ1) is 14.6. The summed E-state index contributed by atoms with van der Waals surface area (Å²) in [5, 5.41) is 9.61. The van der Waals surface area contributed by atoms with Crippen molar-refractivity contribution in [3.05, 3.63) is 54.1 Å². The fraction of sp³-hybridized carbons (Fsp3) is 0.389. The smallest absolute Gasteiger partial charge is 0.313 e. The molecule has 0 radical (unpaired) electrons. The topological polar surface area (TPSA) is 37.3 Å². The van der Waals surface area contributed by atoms with Gasteiger partial charge in [0.05, 0.1) is 5.41 Å². The highest BCUT2D eigenvalue weighted by molar-refractivity contribution is 5.83. The van der Waals surface area contributed by atoms with Gasteiger partial charge >= 0.3 is 5.97 Å². The lowest BCUT2D eigenvalue weighted by Gasteiger charge is -2.30. The average molecular weight is 270 g/mol. The Bertz CT molecular complexity index is 528. The first-order valence-electron chi connectivity index (χ1n) is 7.25. The molecule has 0 heterocycles. The summed E-state index contributed by atoms with van der Waals surface area (Å²) >= 11 is 0. The third kappa shape index (κ3) is 3.01. The van der Waals surface area contributed by atoms with E-state index in [0.29, 0.717) is 18.8 Å². The lowest BCUT2D eigenvalue weighted by molar-refractivity contribution is -0.146. The molecule has 0 fully saturated rings. The average Bonchev–Trinajstić information content (AvgIpc) is 2.48. The first-order valence-corrected chi connectivity index (χ1v) is 7.25. The minimum absolute atomic E-state index is 0.419. The van der Waals surface area contributed by atoms with Crippen molar-refractivity contribution in [2.24, 2.45) is 11.3 Å². The highest BCUT2D eigenvalue weighted by Gasteiger charge is 2.37. The molecular formula is C18H22O2. The third-order valence-electron chi connectivity index (χ3n) is 4.21. The van der Waals surface area contributed by atoms with E-state index in [2.05, 4.69) is 32.1 Å². The molecule has 0 aromatic heterocycles. The van der Waals surface area contributed by atoms with Crippen molar-refractivity contribution < 1.29 is 9.90 Å². The van der Waals surface area contributed by atoms with E-state index in [1.165, 1.54) is 0 Å². The Morgan fingerprint density at radius 2 is 2.05 bits per heavy atom. The number of carboxylic acid groups (broad SMARTS) is 1. The van der Waals surface area contributed by atoms with Gasteiger partial charge in [0.1, 0.15) is 0 Å². The number of hydrogen-bond acceptors (Lipinski definition) is 1. The minimum Gasteiger partial charge on any atom is -0.481 e. The largest absolute Gasteiger partial charge is 0.481 e. The summed E-state index contributed by atoms with van der Waals surface area (Å²) in [6.07, 6.45) is 8.21. The maximum atomic E-state index is 11.7. The van der Waals surface area contributed by atoms with E-state index in [0.717, 1.165) is 17.6 Å². The zero-order valence-electron chi connectivity index (χ0n) is 12.2. The van der Waals surface area contributed by atoms with Crippen LogP contribution in [0, 0.1) is 11.3 Å². The van der Waals surface area contributed by atoms with Gasteiger partial charge in [0.15, 0.2) is 0 Å². The number of benzene rings is 1. The van der Waals surface area contributed by atoms with Gasteiger partial charge in [-0.25, -0.2) is 0 Å². The molecule has 1 aromatic carbocycles. The quantitative estimate of drug-likeness (QED) is 0.853. The standard InChI is InChI=1S/C18H22O2/c1-3-14(2)13-18(17(19)20)11-9-16(10-12-18)15-7-5-4-6-8-15/h4-11,14H,3,12-13H2,1-2H3,(H,19,20). The number of allylic oxidation sites excluding steroid dienone is 3. The molecule has 0 bridgehead atoms. The van der Waals surface area contributed by atoms with Crippen LogP contribution in [0.1, 0.15) is 38.7 Å². The van der Waals surface area contributed by atoms with Crippen LogP contribution in [0.5, 0.6) is 0 Å². The van der Waals surface area contributed by atoms with Crippen LogP contribution < -0.4 is 0 Å². The molecule has 2 nitrogen and oxygen atoms in total. The summed E-state index contributed by atoms with van der Waals surface area (Å²) in [5.74, 6) is -0.292. The maximum Gasteiger partial charge on any atom is 0.313 e. The molecule has 0 amide bonds. The van der Waals surface area contributed by atoms with Crippen molar-refractivity contribution in [1.29, 1.82) is 0 Å². The third-order valence-corrected chi connectivity index (χ3v) is 4.21. The van der Waals surface area contributed by atoms with E-state index in [4.69, 9.17) is 0 Å². The highest BCUT2D eigenvalue weighted by Crippen LogP contribution is 2.39. The molecule has 2 atom stereocenters. The minimum atomic E-state index is -0.728. The van der Waals surface area contributed by atoms with E-state index in [9.17, 15) is 9.90 Å². The predicted octanol–water partition coefficient (Wildman–Crippen LogP) is 4.54. The lowest BCUT2D eigenvalue weighted by atomic mass is 9.73. The fourth-order valence-electron chi connectivity index (χ4n) is 2.69. The van der Waals surface area contributed by atoms with E-state index < -0.39 is 11.4 Å². The summed E-state index contributed by atoms with van der Waals surface area (Å²) in [7, 11) is 0. The Balaban J connectivity index is 2.20. The normalized spacial score (nSPS) is 23.2. The number of aliphatic carboxylic acids is 1. The van der Waals surface area contributed by atoms with Gasteiger partial charge < -0.3 is 5.11 Å². The molecular weight excluding hydrogens is 248 g/mol. The molecule has 20 heavy (non-hydrogen) atoms. The van der Waals surface area contributed by atoms with Crippen LogP contribution in [-0.4, -0.2) is 11.1 Å². The van der Waals surface area contributed by atoms with E-state index in [1.54, 1.807) is 0 Å². The molecule has 0 saturated carbocycles. The summed E-state index contributed by atoms with van der Waals surface area (Å²) in [6, 6.07) is 10.1. The summed E-state index contributed by atoms with van der Waals surface area (Å²) < 4.78 is 0. The number of carboxylic acids is 1. The molecule has 1 aliphatic rings. The van der Waals surface area contributed by atoms with Crippen LogP contribution in [0.15, 0.2) is 48.6 Å². The molecule has 2 heteroatoms. The van der Waals surface area contributed by atoms with Crippen molar-refractivity contribution in [3.8, 4) is 0 Å². The Morgan fingerprint density at radius 1 is 1.35 bits per heavy atom. The molecule has 2 unspecified atom stereocenters. The van der Waals surface area contributed by atoms with Crippen LogP contribution >= 0.6 is 0 Å². The second-order valence-corrected chi connectivity index (χ2v) is 5.74. The SMILES string of the molecule is CCC(C)CC1(C(=O)O)C=CC(c2ccccc2)=CC1. The Kier molecular flexibility index (Phi) is 4.43. The summed E-state index contributed by atoms with van der Waals surface area (Å²) in [5.41, 5.74) is 1.53. The molecule has 1 aromatic rings. The molecule has 0 aliphatic heterocycles. The molecule has 1 N–H and O–H groups in total. The van der Waals surface area contributed by atoms with Gasteiger partial charge in [0.2, 0.25) is 0 Å². The van der Waals surface area contributed by atoms with Gasteiger partial charge in [-0.3, -0.25) is 4.79 Å². The van der Waals surface area contributed by atoms with Crippen LogP contribution in [-0.2, 0) is 4.79 Å². The second-order valence-electron chi connectivity index (χ2n) is 5.74. The predicted molar refractivity (Wildman–Crippen MR) is 82.3 cm³/mol. The van der Waals surface area contributed by atoms with Crippen LogP contribution in [0.3, 0.4) is 0 Å². The molecule has 0 saturated heterocycles. The fourth-order valence-corrected chi connectivity index (χ4v) is 2.69. The Morgan fingerprint density at radius 3 is 2.55 bits per heavy atom. The monoisotopic (exact) mass is 270 g/mol. The second kappa shape index (κ2) is 6.08. The first-order chi connectivity index (χ1) is 9.57. The zero-order valence-corrected chi connectivity index (χ0v) is 12.2. The highest BCUT2D eigenvalue weighted by atomic mass is 16.4. The van der Waals surface area contributed by atoms with Crippen molar-refractivity contribution in [1.82, 2.24) is 0 Å². The van der Waals surface area contributed by atoms with Gasteiger partial charge in [0.25, 0.3) is 0 Å². The van der Waals surface area contributed by atoms with E-state index >= 15 is 0 Å². The van der Waals surface area contributed by atoms with Crippen LogP contribution in [0.4, 0.5) is 0 Å². The van der Waals surface area contributed by atoms with Crippen LogP contribution in [0.25, 0.3) is 5.57 Å². The molecule has 0 spiro atoms. The van der Waals surface area contributed by atoms with Gasteiger partial charge in [0, 0.05) is 0 Å². The van der Waals surface area contributed by atoms with E-state index in [-0.39, 0.29) is 0 Å².